The van der Waals surface area contributed by atoms with Gasteiger partial charge in [0.1, 0.15) is 0 Å². The molecule has 1 aliphatic heterocycles. The molecule has 2 amide bonds. The molecule has 1 atom stereocenters. The normalized spacial score (nSPS) is 17.1. The van der Waals surface area contributed by atoms with E-state index in [4.69, 9.17) is 5.11 Å². The Morgan fingerprint density at radius 1 is 1.32 bits per heavy atom. The van der Waals surface area contributed by atoms with Gasteiger partial charge in [0.15, 0.2) is 0 Å². The number of aromatic carboxylic acids is 1. The second-order valence-electron chi connectivity index (χ2n) is 5.12. The molecule has 1 unspecified atom stereocenters. The van der Waals surface area contributed by atoms with E-state index in [1.54, 1.807) is 17.0 Å². The second kappa shape index (κ2) is 6.93. The van der Waals surface area contributed by atoms with Crippen LogP contribution in [0.15, 0.2) is 24.3 Å². The van der Waals surface area contributed by atoms with Crippen LogP contribution in [0.4, 0.5) is 4.79 Å². The minimum absolute atomic E-state index is 0.204. The van der Waals surface area contributed by atoms with Crippen LogP contribution in [0.5, 0.6) is 0 Å². The fourth-order valence-corrected chi connectivity index (χ4v) is 2.36. The van der Waals surface area contributed by atoms with Gasteiger partial charge in [-0.25, -0.2) is 9.59 Å². The lowest BCUT2D eigenvalue weighted by Gasteiger charge is -2.17. The molecule has 0 saturated carbocycles. The summed E-state index contributed by atoms with van der Waals surface area (Å²) in [7, 11) is 1.34. The van der Waals surface area contributed by atoms with Crippen molar-refractivity contribution >= 4 is 18.0 Å². The van der Waals surface area contributed by atoms with Crippen molar-refractivity contribution in [2.75, 3.05) is 20.2 Å². The van der Waals surface area contributed by atoms with Gasteiger partial charge in [-0.1, -0.05) is 12.1 Å². The predicted octanol–water partition coefficient (Wildman–Crippen LogP) is 1.09. The predicted molar refractivity (Wildman–Crippen MR) is 77.3 cm³/mol. The van der Waals surface area contributed by atoms with Crippen LogP contribution in [0.2, 0.25) is 0 Å². The number of esters is 1. The third kappa shape index (κ3) is 3.75. The Bertz CT molecular complexity index is 570. The quantitative estimate of drug-likeness (QED) is 0.812. The Kier molecular flexibility index (Phi) is 4.98. The van der Waals surface area contributed by atoms with Gasteiger partial charge in [0.25, 0.3) is 0 Å². The summed E-state index contributed by atoms with van der Waals surface area (Å²) in [5.74, 6) is -1.54. The van der Waals surface area contributed by atoms with E-state index in [2.05, 4.69) is 10.1 Å². The fraction of sp³-hybridized carbons (Fsp3) is 0.400. The van der Waals surface area contributed by atoms with E-state index in [1.165, 1.54) is 19.2 Å². The number of amides is 2. The van der Waals surface area contributed by atoms with Crippen molar-refractivity contribution < 1.29 is 24.2 Å². The van der Waals surface area contributed by atoms with Crippen molar-refractivity contribution in [3.63, 3.8) is 0 Å². The number of urea groups is 1. The molecule has 0 radical (unpaired) electrons. The molecule has 22 heavy (non-hydrogen) atoms. The number of carbonyl (C=O) groups excluding carboxylic acids is 2. The maximum Gasteiger partial charge on any atom is 0.335 e. The topological polar surface area (TPSA) is 95.9 Å². The Hall–Kier alpha value is -2.57. The number of nitrogens with one attached hydrogen (secondary N) is 1. The van der Waals surface area contributed by atoms with Gasteiger partial charge < -0.3 is 20.1 Å². The van der Waals surface area contributed by atoms with Crippen molar-refractivity contribution in [2.24, 2.45) is 5.92 Å². The first kappa shape index (κ1) is 15.8. The Morgan fingerprint density at radius 2 is 2.00 bits per heavy atom. The van der Waals surface area contributed by atoms with Gasteiger partial charge in [-0.2, -0.15) is 0 Å². The smallest absolute Gasteiger partial charge is 0.335 e. The van der Waals surface area contributed by atoms with E-state index in [1.807, 2.05) is 0 Å². The molecule has 0 aliphatic carbocycles. The molecule has 118 valence electrons. The van der Waals surface area contributed by atoms with E-state index in [0.29, 0.717) is 26.1 Å². The molecule has 7 nitrogen and oxygen atoms in total. The number of nitrogens with zero attached hydrogens (tertiary/aromatic N) is 1. The summed E-state index contributed by atoms with van der Waals surface area (Å²) in [6, 6.07) is 6.06. The monoisotopic (exact) mass is 306 g/mol. The highest BCUT2D eigenvalue weighted by atomic mass is 16.5. The third-order valence-corrected chi connectivity index (χ3v) is 3.65. The highest BCUT2D eigenvalue weighted by Gasteiger charge is 2.31. The molecule has 1 saturated heterocycles. The number of carboxylic acids is 1. The molecule has 0 bridgehead atoms. The average Bonchev–Trinajstić information content (AvgIpc) is 3.02. The average molecular weight is 306 g/mol. The summed E-state index contributed by atoms with van der Waals surface area (Å²) in [5, 5.41) is 11.6. The van der Waals surface area contributed by atoms with Crippen LogP contribution in [0, 0.1) is 5.92 Å². The van der Waals surface area contributed by atoms with Crippen LogP contribution < -0.4 is 5.32 Å². The van der Waals surface area contributed by atoms with Crippen LogP contribution in [0.25, 0.3) is 0 Å². The highest BCUT2D eigenvalue weighted by Crippen LogP contribution is 2.17. The minimum atomic E-state index is -0.985. The lowest BCUT2D eigenvalue weighted by molar-refractivity contribution is -0.144. The van der Waals surface area contributed by atoms with Crippen molar-refractivity contribution in [2.45, 2.75) is 13.0 Å². The summed E-state index contributed by atoms with van der Waals surface area (Å²) >= 11 is 0. The van der Waals surface area contributed by atoms with E-state index >= 15 is 0 Å². The second-order valence-corrected chi connectivity index (χ2v) is 5.12. The van der Waals surface area contributed by atoms with Crippen LogP contribution >= 0.6 is 0 Å². The summed E-state index contributed by atoms with van der Waals surface area (Å²) in [6.07, 6.45) is 0.605. The molecule has 2 N–H and O–H groups in total. The first-order chi connectivity index (χ1) is 10.5. The van der Waals surface area contributed by atoms with Crippen LogP contribution in [-0.4, -0.2) is 48.2 Å². The summed E-state index contributed by atoms with van der Waals surface area (Å²) in [6.45, 7) is 1.18. The number of benzene rings is 1. The Morgan fingerprint density at radius 3 is 2.59 bits per heavy atom. The van der Waals surface area contributed by atoms with Crippen molar-refractivity contribution in [3.05, 3.63) is 35.4 Å². The molecular weight excluding hydrogens is 288 g/mol. The molecule has 1 aromatic carbocycles. The number of hydrogen-bond donors (Lipinski definition) is 2. The molecule has 0 aromatic heterocycles. The minimum Gasteiger partial charge on any atom is -0.478 e. The van der Waals surface area contributed by atoms with Crippen LogP contribution in [-0.2, 0) is 16.1 Å². The third-order valence-electron chi connectivity index (χ3n) is 3.65. The molecule has 2 rings (SSSR count). The fourth-order valence-electron chi connectivity index (χ4n) is 2.36. The summed E-state index contributed by atoms with van der Waals surface area (Å²) < 4.78 is 4.68. The standard InChI is InChI=1S/C15H18N2O5/c1-22-14(20)12-6-7-17(9-12)15(21)16-8-10-2-4-11(5-3-10)13(18)19/h2-5,12H,6-9H2,1H3,(H,16,21)(H,18,19). The van der Waals surface area contributed by atoms with Crippen LogP contribution in [0.3, 0.4) is 0 Å². The van der Waals surface area contributed by atoms with Crippen LogP contribution in [0.1, 0.15) is 22.3 Å². The number of hydrogen-bond acceptors (Lipinski definition) is 4. The number of methoxy groups -OCH3 is 1. The maximum atomic E-state index is 12.0. The highest BCUT2D eigenvalue weighted by molar-refractivity contribution is 5.87. The molecular formula is C15H18N2O5. The summed E-state index contributed by atoms with van der Waals surface area (Å²) in [4.78, 5) is 35.8. The molecule has 1 heterocycles. The van der Waals surface area contributed by atoms with Gasteiger partial charge in [-0.15, -0.1) is 0 Å². The van der Waals surface area contributed by atoms with Gasteiger partial charge in [0.05, 0.1) is 18.6 Å². The zero-order chi connectivity index (χ0) is 16.1. The SMILES string of the molecule is COC(=O)C1CCN(C(=O)NCc2ccc(C(=O)O)cc2)C1. The number of rotatable bonds is 4. The van der Waals surface area contributed by atoms with Gasteiger partial charge in [0.2, 0.25) is 0 Å². The maximum absolute atomic E-state index is 12.0. The van der Waals surface area contributed by atoms with Gasteiger partial charge in [0, 0.05) is 19.6 Å². The van der Waals surface area contributed by atoms with E-state index < -0.39 is 5.97 Å². The van der Waals surface area contributed by atoms with E-state index in [9.17, 15) is 14.4 Å². The number of carboxylic acid groups (broad SMARTS) is 1. The van der Waals surface area contributed by atoms with Crippen molar-refractivity contribution in [1.82, 2.24) is 10.2 Å². The lowest BCUT2D eigenvalue weighted by Crippen LogP contribution is -2.38. The Labute approximate surface area is 127 Å². The first-order valence-electron chi connectivity index (χ1n) is 6.94. The summed E-state index contributed by atoms with van der Waals surface area (Å²) in [5.41, 5.74) is 1.01. The molecule has 0 spiro atoms. The van der Waals surface area contributed by atoms with E-state index in [-0.39, 0.29) is 23.5 Å². The number of ether oxygens (including phenoxy) is 1. The van der Waals surface area contributed by atoms with E-state index in [0.717, 1.165) is 5.56 Å². The molecule has 1 fully saturated rings. The largest absolute Gasteiger partial charge is 0.478 e. The molecule has 1 aliphatic rings. The Balaban J connectivity index is 1.83. The van der Waals surface area contributed by atoms with Gasteiger partial charge in [-0.3, -0.25) is 4.79 Å². The lowest BCUT2D eigenvalue weighted by atomic mass is 10.1. The molecule has 1 aromatic rings. The number of carbonyl (C=O) groups is 3. The molecule has 7 heteroatoms. The van der Waals surface area contributed by atoms with Gasteiger partial charge >= 0.3 is 18.0 Å². The van der Waals surface area contributed by atoms with Crippen molar-refractivity contribution in [3.8, 4) is 0 Å². The van der Waals surface area contributed by atoms with Crippen molar-refractivity contribution in [1.29, 1.82) is 0 Å². The first-order valence-corrected chi connectivity index (χ1v) is 6.94. The zero-order valence-electron chi connectivity index (χ0n) is 12.2. The number of likely N-dealkylation sites (tertiary alicyclic amines) is 1. The zero-order valence-corrected chi connectivity index (χ0v) is 12.2. The van der Waals surface area contributed by atoms with Gasteiger partial charge in [-0.05, 0) is 24.1 Å².